The summed E-state index contributed by atoms with van der Waals surface area (Å²) in [6.07, 6.45) is 3.94. The van der Waals surface area contributed by atoms with E-state index in [2.05, 4.69) is 17.0 Å². The van der Waals surface area contributed by atoms with E-state index in [4.69, 9.17) is 0 Å². The van der Waals surface area contributed by atoms with Crippen LogP contribution in [0.25, 0.3) is 0 Å². The summed E-state index contributed by atoms with van der Waals surface area (Å²) in [6.45, 7) is 3.18. The van der Waals surface area contributed by atoms with Crippen molar-refractivity contribution in [1.82, 2.24) is 5.32 Å². The number of esters is 1. The average molecular weight is 247 g/mol. The first kappa shape index (κ1) is 13.1. The van der Waals surface area contributed by atoms with Gasteiger partial charge in [-0.3, -0.25) is 0 Å². The molecule has 1 aromatic rings. The van der Waals surface area contributed by atoms with Gasteiger partial charge in [-0.15, -0.1) is 0 Å². The zero-order valence-electron chi connectivity index (χ0n) is 11.1. The minimum atomic E-state index is -0.279. The van der Waals surface area contributed by atoms with Crippen LogP contribution >= 0.6 is 0 Å². The van der Waals surface area contributed by atoms with Crippen LogP contribution < -0.4 is 5.32 Å². The summed E-state index contributed by atoms with van der Waals surface area (Å²) in [5, 5.41) is 3.59. The largest absolute Gasteiger partial charge is 0.465 e. The van der Waals surface area contributed by atoms with Crippen LogP contribution in [0.1, 0.15) is 42.1 Å². The first-order valence-corrected chi connectivity index (χ1v) is 6.61. The van der Waals surface area contributed by atoms with Crippen molar-refractivity contribution in [2.75, 3.05) is 7.11 Å². The highest BCUT2D eigenvalue weighted by molar-refractivity contribution is 5.89. The van der Waals surface area contributed by atoms with E-state index < -0.39 is 0 Å². The number of hydrogen-bond acceptors (Lipinski definition) is 3. The van der Waals surface area contributed by atoms with Gasteiger partial charge < -0.3 is 10.1 Å². The molecule has 0 heterocycles. The Labute approximate surface area is 109 Å². The zero-order valence-corrected chi connectivity index (χ0v) is 11.1. The molecule has 2 unspecified atom stereocenters. The second-order valence-electron chi connectivity index (χ2n) is 5.08. The summed E-state index contributed by atoms with van der Waals surface area (Å²) in [5.41, 5.74) is 1.82. The van der Waals surface area contributed by atoms with Crippen LogP contribution in [0.2, 0.25) is 0 Å². The Kier molecular flexibility index (Phi) is 4.37. The number of rotatable bonds is 4. The van der Waals surface area contributed by atoms with Gasteiger partial charge in [-0.2, -0.15) is 0 Å². The maximum atomic E-state index is 11.3. The molecule has 0 aromatic heterocycles. The molecule has 1 aliphatic carbocycles. The lowest BCUT2D eigenvalue weighted by atomic mass is 10.1. The monoisotopic (exact) mass is 247 g/mol. The van der Waals surface area contributed by atoms with Crippen LogP contribution in [0.5, 0.6) is 0 Å². The van der Waals surface area contributed by atoms with Crippen LogP contribution in [0.4, 0.5) is 0 Å². The van der Waals surface area contributed by atoms with Gasteiger partial charge in [0.2, 0.25) is 0 Å². The number of benzene rings is 1. The lowest BCUT2D eigenvalue weighted by Gasteiger charge is -2.17. The molecule has 2 rings (SSSR count). The van der Waals surface area contributed by atoms with Crippen LogP contribution in [0.15, 0.2) is 24.3 Å². The first-order chi connectivity index (χ1) is 8.70. The molecule has 1 saturated carbocycles. The minimum absolute atomic E-state index is 0.279. The second-order valence-corrected chi connectivity index (χ2v) is 5.08. The van der Waals surface area contributed by atoms with E-state index in [9.17, 15) is 4.79 Å². The quantitative estimate of drug-likeness (QED) is 0.831. The summed E-state index contributed by atoms with van der Waals surface area (Å²) in [4.78, 5) is 11.3. The highest BCUT2D eigenvalue weighted by atomic mass is 16.5. The Hall–Kier alpha value is -1.35. The van der Waals surface area contributed by atoms with Crippen molar-refractivity contribution in [2.45, 2.75) is 38.8 Å². The molecule has 98 valence electrons. The van der Waals surface area contributed by atoms with E-state index >= 15 is 0 Å². The van der Waals surface area contributed by atoms with Gasteiger partial charge in [-0.25, -0.2) is 4.79 Å². The molecule has 1 aromatic carbocycles. The van der Waals surface area contributed by atoms with Crippen LogP contribution in [0.3, 0.4) is 0 Å². The Morgan fingerprint density at radius 1 is 1.33 bits per heavy atom. The third-order valence-corrected chi connectivity index (χ3v) is 3.80. The second kappa shape index (κ2) is 6.01. The van der Waals surface area contributed by atoms with Gasteiger partial charge in [0.25, 0.3) is 0 Å². The Bertz CT molecular complexity index is 399. The van der Waals surface area contributed by atoms with Crippen LogP contribution in [0, 0.1) is 5.92 Å². The fourth-order valence-corrected chi connectivity index (χ4v) is 2.57. The standard InChI is InChI=1S/C15H21NO2/c1-11-4-3-5-14(11)16-10-12-6-8-13(9-7-12)15(17)18-2/h6-9,11,14,16H,3-5,10H2,1-2H3. The third-order valence-electron chi connectivity index (χ3n) is 3.80. The predicted octanol–water partition coefficient (Wildman–Crippen LogP) is 2.75. The van der Waals surface area contributed by atoms with Crippen LogP contribution in [-0.2, 0) is 11.3 Å². The van der Waals surface area contributed by atoms with E-state index in [-0.39, 0.29) is 5.97 Å². The summed E-state index contributed by atoms with van der Waals surface area (Å²) in [5.74, 6) is 0.498. The Morgan fingerprint density at radius 2 is 2.06 bits per heavy atom. The molecule has 0 radical (unpaired) electrons. The van der Waals surface area contributed by atoms with Crippen molar-refractivity contribution >= 4 is 5.97 Å². The Balaban J connectivity index is 1.88. The van der Waals surface area contributed by atoms with Crippen molar-refractivity contribution in [3.8, 4) is 0 Å². The molecule has 1 N–H and O–H groups in total. The highest BCUT2D eigenvalue weighted by Crippen LogP contribution is 2.25. The van der Waals surface area contributed by atoms with E-state index in [1.807, 2.05) is 24.3 Å². The van der Waals surface area contributed by atoms with Crippen molar-refractivity contribution in [2.24, 2.45) is 5.92 Å². The number of methoxy groups -OCH3 is 1. The topological polar surface area (TPSA) is 38.3 Å². The molecule has 2 atom stereocenters. The minimum Gasteiger partial charge on any atom is -0.465 e. The van der Waals surface area contributed by atoms with Crippen molar-refractivity contribution in [1.29, 1.82) is 0 Å². The maximum Gasteiger partial charge on any atom is 0.337 e. The zero-order chi connectivity index (χ0) is 13.0. The number of carbonyl (C=O) groups excluding carboxylic acids is 1. The summed E-state index contributed by atoms with van der Waals surface area (Å²) >= 11 is 0. The number of ether oxygens (including phenoxy) is 1. The third kappa shape index (κ3) is 3.10. The summed E-state index contributed by atoms with van der Waals surface area (Å²) in [7, 11) is 1.40. The lowest BCUT2D eigenvalue weighted by Crippen LogP contribution is -2.30. The first-order valence-electron chi connectivity index (χ1n) is 6.61. The van der Waals surface area contributed by atoms with Gasteiger partial charge in [0.15, 0.2) is 0 Å². The van der Waals surface area contributed by atoms with E-state index in [0.717, 1.165) is 12.5 Å². The molecule has 0 spiro atoms. The molecule has 0 amide bonds. The number of carbonyl (C=O) groups is 1. The van der Waals surface area contributed by atoms with Crippen molar-refractivity contribution < 1.29 is 9.53 Å². The van der Waals surface area contributed by atoms with E-state index in [1.165, 1.54) is 31.9 Å². The fourth-order valence-electron chi connectivity index (χ4n) is 2.57. The fraction of sp³-hybridized carbons (Fsp3) is 0.533. The Morgan fingerprint density at radius 3 is 2.61 bits per heavy atom. The molecule has 0 aliphatic heterocycles. The van der Waals surface area contributed by atoms with E-state index in [0.29, 0.717) is 11.6 Å². The van der Waals surface area contributed by atoms with E-state index in [1.54, 1.807) is 0 Å². The molecule has 3 nitrogen and oxygen atoms in total. The van der Waals surface area contributed by atoms with Gasteiger partial charge in [0.1, 0.15) is 0 Å². The molecule has 18 heavy (non-hydrogen) atoms. The van der Waals surface area contributed by atoms with Gasteiger partial charge in [-0.05, 0) is 36.5 Å². The average Bonchev–Trinajstić information content (AvgIpc) is 2.81. The lowest BCUT2D eigenvalue weighted by molar-refractivity contribution is 0.0600. The molecule has 0 saturated heterocycles. The van der Waals surface area contributed by atoms with Gasteiger partial charge in [0.05, 0.1) is 12.7 Å². The molecular weight excluding hydrogens is 226 g/mol. The summed E-state index contributed by atoms with van der Waals surface area (Å²) < 4.78 is 4.68. The summed E-state index contributed by atoms with van der Waals surface area (Å²) in [6, 6.07) is 8.25. The SMILES string of the molecule is COC(=O)c1ccc(CNC2CCCC2C)cc1. The molecular formula is C15H21NO2. The predicted molar refractivity (Wildman–Crippen MR) is 71.4 cm³/mol. The smallest absolute Gasteiger partial charge is 0.337 e. The normalized spacial score (nSPS) is 23.0. The van der Waals surface area contributed by atoms with Gasteiger partial charge >= 0.3 is 5.97 Å². The molecule has 1 aliphatic rings. The number of hydrogen-bond donors (Lipinski definition) is 1. The van der Waals surface area contributed by atoms with Gasteiger partial charge in [-0.1, -0.05) is 25.5 Å². The highest BCUT2D eigenvalue weighted by Gasteiger charge is 2.22. The molecule has 1 fully saturated rings. The van der Waals surface area contributed by atoms with Gasteiger partial charge in [0, 0.05) is 12.6 Å². The molecule has 0 bridgehead atoms. The molecule has 3 heteroatoms. The number of nitrogens with one attached hydrogen (secondary N) is 1. The van der Waals surface area contributed by atoms with Crippen LogP contribution in [-0.4, -0.2) is 19.1 Å². The van der Waals surface area contributed by atoms with Crippen molar-refractivity contribution in [3.05, 3.63) is 35.4 Å². The maximum absolute atomic E-state index is 11.3. The van der Waals surface area contributed by atoms with Crippen molar-refractivity contribution in [3.63, 3.8) is 0 Å².